The van der Waals surface area contributed by atoms with Gasteiger partial charge in [0.15, 0.2) is 9.84 Å². The first-order valence-corrected chi connectivity index (χ1v) is 8.12. The van der Waals surface area contributed by atoms with E-state index in [1.807, 2.05) is 0 Å². The van der Waals surface area contributed by atoms with Crippen LogP contribution in [0.4, 0.5) is 0 Å². The van der Waals surface area contributed by atoms with E-state index < -0.39 is 15.1 Å². The van der Waals surface area contributed by atoms with E-state index >= 15 is 0 Å². The largest absolute Gasteiger partial charge is 0.349 e. The maximum absolute atomic E-state index is 11.8. The molecule has 0 aromatic carbocycles. The molecule has 1 atom stereocenters. The van der Waals surface area contributed by atoms with Crippen molar-refractivity contribution < 1.29 is 13.2 Å². The SMILES string of the molecule is O=C(NCC1CCCS1(=O)=O)c1cccc(Br)n1. The minimum absolute atomic E-state index is 0.162. The number of nitrogens with one attached hydrogen (secondary N) is 1. The fraction of sp³-hybridized carbons (Fsp3) is 0.455. The Morgan fingerprint density at radius 2 is 2.28 bits per heavy atom. The van der Waals surface area contributed by atoms with E-state index in [9.17, 15) is 13.2 Å². The third kappa shape index (κ3) is 3.08. The van der Waals surface area contributed by atoms with Crippen LogP contribution < -0.4 is 5.32 Å². The van der Waals surface area contributed by atoms with E-state index in [0.717, 1.165) is 0 Å². The summed E-state index contributed by atoms with van der Waals surface area (Å²) in [6, 6.07) is 5.01. The number of hydrogen-bond acceptors (Lipinski definition) is 4. The standard InChI is InChI=1S/C11H13BrN2O3S/c12-10-5-1-4-9(14-10)11(15)13-7-8-3-2-6-18(8,16)17/h1,4-5,8H,2-3,6-7H2,(H,13,15). The van der Waals surface area contributed by atoms with Gasteiger partial charge in [0.25, 0.3) is 5.91 Å². The molecule has 0 bridgehead atoms. The van der Waals surface area contributed by atoms with Gasteiger partial charge in [-0.1, -0.05) is 6.07 Å². The van der Waals surface area contributed by atoms with Crippen LogP contribution in [0.3, 0.4) is 0 Å². The molecule has 18 heavy (non-hydrogen) atoms. The molecule has 0 spiro atoms. The Labute approximate surface area is 114 Å². The molecule has 1 aliphatic rings. The lowest BCUT2D eigenvalue weighted by Gasteiger charge is -2.10. The van der Waals surface area contributed by atoms with Crippen LogP contribution in [0.5, 0.6) is 0 Å². The number of carbonyl (C=O) groups is 1. The van der Waals surface area contributed by atoms with E-state index in [4.69, 9.17) is 0 Å². The number of aromatic nitrogens is 1. The summed E-state index contributed by atoms with van der Waals surface area (Å²) in [7, 11) is -3.02. The number of pyridine rings is 1. The molecule has 1 aliphatic heterocycles. The van der Waals surface area contributed by atoms with Gasteiger partial charge in [0.05, 0.1) is 11.0 Å². The highest BCUT2D eigenvalue weighted by atomic mass is 79.9. The fourth-order valence-corrected chi connectivity index (χ4v) is 4.03. The summed E-state index contributed by atoms with van der Waals surface area (Å²) in [5.74, 6) is -0.124. The van der Waals surface area contributed by atoms with Gasteiger partial charge in [-0.05, 0) is 40.9 Å². The second kappa shape index (κ2) is 5.36. The van der Waals surface area contributed by atoms with Crippen molar-refractivity contribution in [3.8, 4) is 0 Å². The predicted octanol–water partition coefficient (Wildman–Crippen LogP) is 1.15. The van der Waals surface area contributed by atoms with Crippen LogP contribution >= 0.6 is 15.9 Å². The quantitative estimate of drug-likeness (QED) is 0.842. The molecule has 98 valence electrons. The normalized spacial score (nSPS) is 21.7. The molecule has 1 saturated heterocycles. The molecule has 2 rings (SSSR count). The first-order chi connectivity index (χ1) is 8.49. The average Bonchev–Trinajstić information content (AvgIpc) is 2.65. The Bertz CT molecular complexity index is 559. The van der Waals surface area contributed by atoms with Crippen LogP contribution in [0, 0.1) is 0 Å². The Hall–Kier alpha value is -0.950. The molecular weight excluding hydrogens is 320 g/mol. The second-order valence-electron chi connectivity index (χ2n) is 4.19. The molecule has 1 aromatic heterocycles. The average molecular weight is 333 g/mol. The summed E-state index contributed by atoms with van der Waals surface area (Å²) in [4.78, 5) is 15.8. The summed E-state index contributed by atoms with van der Waals surface area (Å²) in [5, 5.41) is 2.17. The lowest BCUT2D eigenvalue weighted by molar-refractivity contribution is 0.0948. The van der Waals surface area contributed by atoms with E-state index in [0.29, 0.717) is 17.4 Å². The molecule has 1 unspecified atom stereocenters. The van der Waals surface area contributed by atoms with Gasteiger partial charge in [-0.2, -0.15) is 0 Å². The number of halogens is 1. The van der Waals surface area contributed by atoms with Crippen molar-refractivity contribution in [3.05, 3.63) is 28.5 Å². The van der Waals surface area contributed by atoms with Crippen molar-refractivity contribution in [1.29, 1.82) is 0 Å². The molecule has 2 heterocycles. The van der Waals surface area contributed by atoms with Crippen molar-refractivity contribution in [1.82, 2.24) is 10.3 Å². The van der Waals surface area contributed by atoms with Crippen LogP contribution in [-0.2, 0) is 9.84 Å². The molecule has 1 fully saturated rings. The maximum atomic E-state index is 11.8. The number of rotatable bonds is 3. The van der Waals surface area contributed by atoms with Crippen molar-refractivity contribution in [2.75, 3.05) is 12.3 Å². The van der Waals surface area contributed by atoms with Gasteiger partial charge in [-0.25, -0.2) is 13.4 Å². The van der Waals surface area contributed by atoms with E-state index in [-0.39, 0.29) is 23.9 Å². The Morgan fingerprint density at radius 3 is 2.89 bits per heavy atom. The summed E-state index contributed by atoms with van der Waals surface area (Å²) in [6.45, 7) is 0.162. The molecule has 7 heteroatoms. The minimum Gasteiger partial charge on any atom is -0.349 e. The van der Waals surface area contributed by atoms with Gasteiger partial charge in [-0.3, -0.25) is 4.79 Å². The van der Waals surface area contributed by atoms with Crippen LogP contribution in [-0.4, -0.2) is 36.9 Å². The molecular formula is C11H13BrN2O3S. The lowest BCUT2D eigenvalue weighted by Crippen LogP contribution is -2.34. The first-order valence-electron chi connectivity index (χ1n) is 5.61. The van der Waals surface area contributed by atoms with E-state index in [2.05, 4.69) is 26.2 Å². The summed E-state index contributed by atoms with van der Waals surface area (Å²) in [6.07, 6.45) is 1.30. The Kier molecular flexibility index (Phi) is 4.01. The van der Waals surface area contributed by atoms with Gasteiger partial charge >= 0.3 is 0 Å². The number of sulfone groups is 1. The molecule has 1 N–H and O–H groups in total. The van der Waals surface area contributed by atoms with Crippen LogP contribution in [0.15, 0.2) is 22.8 Å². The molecule has 5 nitrogen and oxygen atoms in total. The van der Waals surface area contributed by atoms with Gasteiger partial charge in [-0.15, -0.1) is 0 Å². The molecule has 1 aromatic rings. The minimum atomic E-state index is -3.02. The summed E-state index contributed by atoms with van der Waals surface area (Å²) >= 11 is 3.18. The van der Waals surface area contributed by atoms with Crippen LogP contribution in [0.2, 0.25) is 0 Å². The van der Waals surface area contributed by atoms with Crippen molar-refractivity contribution in [2.45, 2.75) is 18.1 Å². The third-order valence-corrected chi connectivity index (χ3v) is 5.62. The smallest absolute Gasteiger partial charge is 0.269 e. The maximum Gasteiger partial charge on any atom is 0.269 e. The zero-order valence-corrected chi connectivity index (χ0v) is 12.0. The second-order valence-corrected chi connectivity index (χ2v) is 7.40. The molecule has 0 aliphatic carbocycles. The topological polar surface area (TPSA) is 76.1 Å². The van der Waals surface area contributed by atoms with Gasteiger partial charge in [0, 0.05) is 6.54 Å². The lowest BCUT2D eigenvalue weighted by atomic mass is 10.2. The monoisotopic (exact) mass is 332 g/mol. The number of amides is 1. The molecule has 1 amide bonds. The predicted molar refractivity (Wildman–Crippen MR) is 71.1 cm³/mol. The fourth-order valence-electron chi connectivity index (χ4n) is 1.92. The highest BCUT2D eigenvalue weighted by molar-refractivity contribution is 9.10. The van der Waals surface area contributed by atoms with Crippen LogP contribution in [0.25, 0.3) is 0 Å². The van der Waals surface area contributed by atoms with E-state index in [1.54, 1.807) is 18.2 Å². The van der Waals surface area contributed by atoms with Gasteiger partial charge in [0.1, 0.15) is 10.3 Å². The third-order valence-electron chi connectivity index (χ3n) is 2.90. The van der Waals surface area contributed by atoms with Gasteiger partial charge < -0.3 is 5.32 Å². The highest BCUT2D eigenvalue weighted by Crippen LogP contribution is 2.19. The highest BCUT2D eigenvalue weighted by Gasteiger charge is 2.31. The Balaban J connectivity index is 1.97. The number of hydrogen-bond donors (Lipinski definition) is 1. The zero-order valence-electron chi connectivity index (χ0n) is 9.60. The van der Waals surface area contributed by atoms with Crippen molar-refractivity contribution in [2.24, 2.45) is 0 Å². The summed E-state index contributed by atoms with van der Waals surface area (Å²) < 4.78 is 23.8. The molecule has 0 radical (unpaired) electrons. The number of carbonyl (C=O) groups excluding carboxylic acids is 1. The zero-order chi connectivity index (χ0) is 13.2. The van der Waals surface area contributed by atoms with Gasteiger partial charge in [0.2, 0.25) is 0 Å². The van der Waals surface area contributed by atoms with Crippen molar-refractivity contribution >= 4 is 31.7 Å². The van der Waals surface area contributed by atoms with Crippen LogP contribution in [0.1, 0.15) is 23.3 Å². The van der Waals surface area contributed by atoms with E-state index in [1.165, 1.54) is 0 Å². The molecule has 0 saturated carbocycles. The first kappa shape index (κ1) is 13.5. The Morgan fingerprint density at radius 1 is 1.50 bits per heavy atom. The van der Waals surface area contributed by atoms with Crippen molar-refractivity contribution in [3.63, 3.8) is 0 Å². The summed E-state index contributed by atoms with van der Waals surface area (Å²) in [5.41, 5.74) is 0.278. The number of nitrogens with zero attached hydrogens (tertiary/aromatic N) is 1.